The van der Waals surface area contributed by atoms with Gasteiger partial charge in [-0.3, -0.25) is 4.79 Å². The molecule has 64 valence electrons. The largest absolute Gasteiger partial charge is 0.366 e. The van der Waals surface area contributed by atoms with Crippen LogP contribution in [0, 0.1) is 0 Å². The number of amides is 1. The molecule has 1 aromatic carbocycles. The van der Waals surface area contributed by atoms with Crippen LogP contribution < -0.4 is 5.73 Å². The number of halogens is 3. The van der Waals surface area contributed by atoms with Gasteiger partial charge in [-0.25, -0.2) is 0 Å². The van der Waals surface area contributed by atoms with Crippen molar-refractivity contribution in [3.63, 3.8) is 0 Å². The van der Waals surface area contributed by atoms with E-state index >= 15 is 0 Å². The Balaban J connectivity index is 3.43. The van der Waals surface area contributed by atoms with Crippen molar-refractivity contribution in [2.75, 3.05) is 0 Å². The fourth-order valence-corrected chi connectivity index (χ4v) is 2.24. The summed E-state index contributed by atoms with van der Waals surface area (Å²) in [6, 6.07) is 3.34. The van der Waals surface area contributed by atoms with Crippen LogP contribution in [0.1, 0.15) is 10.4 Å². The van der Waals surface area contributed by atoms with Gasteiger partial charge in [0.25, 0.3) is 5.91 Å². The van der Waals surface area contributed by atoms with E-state index in [-0.39, 0.29) is 0 Å². The van der Waals surface area contributed by atoms with E-state index in [4.69, 9.17) is 17.3 Å². The van der Waals surface area contributed by atoms with Crippen LogP contribution in [0.2, 0.25) is 5.02 Å². The Hall–Kier alpha value is -0.0600. The van der Waals surface area contributed by atoms with Crippen molar-refractivity contribution < 1.29 is 4.79 Å². The van der Waals surface area contributed by atoms with Crippen LogP contribution in [-0.2, 0) is 0 Å². The van der Waals surface area contributed by atoms with Crippen LogP contribution in [0.3, 0.4) is 0 Å². The molecular weight excluding hydrogens is 309 g/mol. The summed E-state index contributed by atoms with van der Waals surface area (Å²) in [5.74, 6) is -0.517. The smallest absolute Gasteiger partial charge is 0.251 e. The van der Waals surface area contributed by atoms with Gasteiger partial charge >= 0.3 is 0 Å². The van der Waals surface area contributed by atoms with Gasteiger partial charge in [0.1, 0.15) is 0 Å². The van der Waals surface area contributed by atoms with E-state index in [1.165, 1.54) is 0 Å². The van der Waals surface area contributed by atoms with Gasteiger partial charge in [0.15, 0.2) is 0 Å². The summed E-state index contributed by atoms with van der Waals surface area (Å²) < 4.78 is 1.15. The maximum Gasteiger partial charge on any atom is 0.251 e. The van der Waals surface area contributed by atoms with Crippen molar-refractivity contribution in [2.45, 2.75) is 0 Å². The lowest BCUT2D eigenvalue weighted by Gasteiger charge is -2.03. The number of carbonyl (C=O) groups excluding carboxylic acids is 1. The number of rotatable bonds is 1. The molecule has 12 heavy (non-hydrogen) atoms. The van der Waals surface area contributed by atoms with E-state index in [0.29, 0.717) is 19.5 Å². The molecule has 0 radical (unpaired) electrons. The van der Waals surface area contributed by atoms with Crippen LogP contribution >= 0.6 is 43.5 Å². The summed E-state index contributed by atoms with van der Waals surface area (Å²) in [6.45, 7) is 0. The molecule has 1 amide bonds. The minimum Gasteiger partial charge on any atom is -0.366 e. The molecule has 1 rings (SSSR count). The number of primary amides is 1. The Morgan fingerprint density at radius 1 is 1.42 bits per heavy atom. The average Bonchev–Trinajstić information content (AvgIpc) is 1.97. The number of benzene rings is 1. The fourth-order valence-electron chi connectivity index (χ4n) is 0.753. The lowest BCUT2D eigenvalue weighted by Crippen LogP contribution is -2.12. The van der Waals surface area contributed by atoms with Crippen molar-refractivity contribution in [1.82, 2.24) is 0 Å². The second-order valence-electron chi connectivity index (χ2n) is 2.08. The molecule has 0 aliphatic rings. The summed E-state index contributed by atoms with van der Waals surface area (Å²) in [6.07, 6.45) is 0. The van der Waals surface area contributed by atoms with Crippen molar-refractivity contribution in [3.8, 4) is 0 Å². The molecule has 5 heteroatoms. The van der Waals surface area contributed by atoms with Gasteiger partial charge in [-0.2, -0.15) is 0 Å². The zero-order valence-electron chi connectivity index (χ0n) is 5.77. The molecule has 0 spiro atoms. The average molecular weight is 313 g/mol. The molecule has 0 aliphatic heterocycles. The van der Waals surface area contributed by atoms with Crippen molar-refractivity contribution in [1.29, 1.82) is 0 Å². The van der Waals surface area contributed by atoms with Crippen molar-refractivity contribution in [2.24, 2.45) is 5.73 Å². The fraction of sp³-hybridized carbons (Fsp3) is 0. The Bertz CT molecular complexity index is 340. The lowest BCUT2D eigenvalue weighted by molar-refractivity contribution is 0.0999. The first-order valence-corrected chi connectivity index (χ1v) is 4.93. The van der Waals surface area contributed by atoms with E-state index in [1.807, 2.05) is 0 Å². The Kier molecular flexibility index (Phi) is 3.15. The third kappa shape index (κ3) is 1.81. The van der Waals surface area contributed by atoms with Gasteiger partial charge in [-0.1, -0.05) is 11.6 Å². The third-order valence-corrected chi connectivity index (χ3v) is 3.32. The standard InChI is InChI=1S/C7H4Br2ClNO/c8-3-1-2-4(10)6(9)5(3)7(11)12/h1-2H,(H2,11,12). The highest BCUT2D eigenvalue weighted by Gasteiger charge is 2.12. The van der Waals surface area contributed by atoms with E-state index in [9.17, 15) is 4.79 Å². The first-order chi connectivity index (χ1) is 5.54. The quantitative estimate of drug-likeness (QED) is 0.796. The zero-order chi connectivity index (χ0) is 9.30. The summed E-state index contributed by atoms with van der Waals surface area (Å²) in [5, 5.41) is 0.465. The molecule has 0 saturated heterocycles. The molecular formula is C7H4Br2ClNO. The van der Waals surface area contributed by atoms with E-state index in [0.717, 1.165) is 0 Å². The second kappa shape index (κ2) is 3.77. The molecule has 0 unspecified atom stereocenters. The zero-order valence-corrected chi connectivity index (χ0v) is 9.70. The van der Waals surface area contributed by atoms with Gasteiger partial charge < -0.3 is 5.73 Å². The molecule has 0 heterocycles. The van der Waals surface area contributed by atoms with Crippen LogP contribution in [-0.4, -0.2) is 5.91 Å². The molecule has 0 aromatic heterocycles. The molecule has 0 atom stereocenters. The topological polar surface area (TPSA) is 43.1 Å². The van der Waals surface area contributed by atoms with E-state index in [2.05, 4.69) is 31.9 Å². The number of hydrogen-bond acceptors (Lipinski definition) is 1. The van der Waals surface area contributed by atoms with Crippen LogP contribution in [0.15, 0.2) is 21.1 Å². The van der Waals surface area contributed by atoms with Gasteiger partial charge in [0.05, 0.1) is 15.1 Å². The van der Waals surface area contributed by atoms with Crippen LogP contribution in [0.4, 0.5) is 0 Å². The molecule has 0 fully saturated rings. The van der Waals surface area contributed by atoms with Gasteiger partial charge in [0.2, 0.25) is 0 Å². The third-order valence-electron chi connectivity index (χ3n) is 1.29. The number of carbonyl (C=O) groups is 1. The second-order valence-corrected chi connectivity index (χ2v) is 4.14. The minimum atomic E-state index is -0.517. The molecule has 2 nitrogen and oxygen atoms in total. The molecule has 2 N–H and O–H groups in total. The summed E-state index contributed by atoms with van der Waals surface area (Å²) >= 11 is 12.1. The lowest BCUT2D eigenvalue weighted by atomic mass is 10.2. The normalized spacial score (nSPS) is 9.92. The Labute approximate surface area is 91.3 Å². The predicted octanol–water partition coefficient (Wildman–Crippen LogP) is 2.96. The van der Waals surface area contributed by atoms with Crippen LogP contribution in [0.5, 0.6) is 0 Å². The summed E-state index contributed by atoms with van der Waals surface area (Å²) in [4.78, 5) is 10.9. The highest BCUT2D eigenvalue weighted by Crippen LogP contribution is 2.31. The summed E-state index contributed by atoms with van der Waals surface area (Å²) in [7, 11) is 0. The monoisotopic (exact) mass is 311 g/mol. The van der Waals surface area contributed by atoms with Crippen LogP contribution in [0.25, 0.3) is 0 Å². The SMILES string of the molecule is NC(=O)c1c(Br)ccc(Cl)c1Br. The molecule has 0 saturated carbocycles. The van der Waals surface area contributed by atoms with Crippen molar-refractivity contribution >= 4 is 49.4 Å². The van der Waals surface area contributed by atoms with Gasteiger partial charge in [-0.05, 0) is 44.0 Å². The first-order valence-electron chi connectivity index (χ1n) is 2.97. The number of hydrogen-bond donors (Lipinski definition) is 1. The Morgan fingerprint density at radius 3 is 2.42 bits per heavy atom. The molecule has 0 aliphatic carbocycles. The highest BCUT2D eigenvalue weighted by molar-refractivity contribution is 9.11. The highest BCUT2D eigenvalue weighted by atomic mass is 79.9. The van der Waals surface area contributed by atoms with E-state index in [1.54, 1.807) is 12.1 Å². The Morgan fingerprint density at radius 2 is 2.00 bits per heavy atom. The van der Waals surface area contributed by atoms with E-state index < -0.39 is 5.91 Å². The van der Waals surface area contributed by atoms with Gasteiger partial charge in [0, 0.05) is 4.47 Å². The predicted molar refractivity (Wildman–Crippen MR) is 55.4 cm³/mol. The van der Waals surface area contributed by atoms with Crippen molar-refractivity contribution in [3.05, 3.63) is 31.7 Å². The summed E-state index contributed by atoms with van der Waals surface area (Å²) in [5.41, 5.74) is 5.49. The maximum absolute atomic E-state index is 10.9. The number of nitrogens with two attached hydrogens (primary N) is 1. The maximum atomic E-state index is 10.9. The minimum absolute atomic E-state index is 0.363. The van der Waals surface area contributed by atoms with Gasteiger partial charge in [-0.15, -0.1) is 0 Å². The molecule has 0 bridgehead atoms. The molecule has 1 aromatic rings. The first kappa shape index (κ1) is 10.0.